The summed E-state index contributed by atoms with van der Waals surface area (Å²) in [5, 5.41) is 16.4. The topological polar surface area (TPSA) is 213 Å². The van der Waals surface area contributed by atoms with E-state index in [1.807, 2.05) is 30.5 Å². The average molecular weight is 1120 g/mol. The molecule has 9 heterocycles. The Labute approximate surface area is 472 Å². The summed E-state index contributed by atoms with van der Waals surface area (Å²) in [6.45, 7) is 13.6. The first-order chi connectivity index (χ1) is 39.4. The first-order valence-corrected chi connectivity index (χ1v) is 30.3. The number of fused-ring (bicyclic) bond motifs is 3. The molecule has 0 radical (unpaired) electrons. The van der Waals surface area contributed by atoms with Gasteiger partial charge in [-0.1, -0.05) is 24.3 Å². The number of amides is 1. The molecular formula is C60H71N11O9S. The lowest BCUT2D eigenvalue weighted by Gasteiger charge is -2.58. The van der Waals surface area contributed by atoms with Gasteiger partial charge in [-0.05, 0) is 136 Å². The number of benzene rings is 3. The summed E-state index contributed by atoms with van der Waals surface area (Å²) in [6.07, 6.45) is 9.94. The molecule has 3 N–H and O–H groups in total. The van der Waals surface area contributed by atoms with Crippen LogP contribution in [0, 0.1) is 28.4 Å². The summed E-state index contributed by atoms with van der Waals surface area (Å²) >= 11 is 0. The van der Waals surface area contributed by atoms with Gasteiger partial charge in [0.15, 0.2) is 0 Å². The fraction of sp³-hybridized carbons (Fsp3) is 0.483. The van der Waals surface area contributed by atoms with Crippen LogP contribution >= 0.6 is 0 Å². The number of nitro groups is 1. The van der Waals surface area contributed by atoms with E-state index >= 15 is 0 Å². The van der Waals surface area contributed by atoms with Crippen LogP contribution < -0.4 is 34.4 Å². The fourth-order valence-electron chi connectivity index (χ4n) is 13.8. The molecule has 21 heteroatoms. The van der Waals surface area contributed by atoms with Crippen LogP contribution in [0.15, 0.2) is 102 Å². The van der Waals surface area contributed by atoms with E-state index in [-0.39, 0.29) is 40.7 Å². The number of piperazine rings is 1. The van der Waals surface area contributed by atoms with Crippen molar-refractivity contribution in [1.82, 2.24) is 24.6 Å². The van der Waals surface area contributed by atoms with Gasteiger partial charge in [0.1, 0.15) is 28.9 Å². The maximum atomic E-state index is 14.8. The zero-order valence-electron chi connectivity index (χ0n) is 46.0. The van der Waals surface area contributed by atoms with Crippen LogP contribution in [0.1, 0.15) is 79.4 Å². The number of ether oxygens (including phenoxy) is 4. The summed E-state index contributed by atoms with van der Waals surface area (Å²) < 4.78 is 54.4. The van der Waals surface area contributed by atoms with Crippen molar-refractivity contribution >= 4 is 66.9 Å². The second kappa shape index (κ2) is 22.0. The number of sulfonamides is 1. The number of aromatic amines is 1. The van der Waals surface area contributed by atoms with Gasteiger partial charge in [-0.15, -0.1) is 0 Å². The predicted octanol–water partition coefficient (Wildman–Crippen LogP) is 8.36. The Balaban J connectivity index is 0.749. The van der Waals surface area contributed by atoms with Gasteiger partial charge in [0, 0.05) is 95.0 Å². The van der Waals surface area contributed by atoms with Gasteiger partial charge in [-0.25, -0.2) is 18.1 Å². The van der Waals surface area contributed by atoms with Crippen molar-refractivity contribution in [1.29, 1.82) is 0 Å². The highest BCUT2D eigenvalue weighted by atomic mass is 32.2. The molecule has 426 valence electrons. The Bertz CT molecular complexity index is 3410. The summed E-state index contributed by atoms with van der Waals surface area (Å²) in [5.41, 5.74) is 6.68. The molecule has 4 atom stereocenters. The number of anilines is 6. The molecule has 3 aromatic carbocycles. The van der Waals surface area contributed by atoms with Gasteiger partial charge in [0.25, 0.3) is 21.6 Å². The Morgan fingerprint density at radius 2 is 1.65 bits per heavy atom. The molecule has 13 rings (SSSR count). The van der Waals surface area contributed by atoms with Crippen molar-refractivity contribution in [3.63, 3.8) is 0 Å². The SMILES string of the molecule is Cc1ccccc1[C@@H]1CN(c2ccc(N3CCOC[C@H]3C)nc2)CCN1C1CC2(CCN(c3ccc(C(=O)NS(=O)(=O)c4ccc(NCC5CCOCC5)c([N+](=O)[O-])c4)c(N4c5cc6cc[nH]c6nc5O[C@H]5COCC[C@@H]54)c3)CC2)C1. The molecule has 1 saturated carbocycles. The van der Waals surface area contributed by atoms with Gasteiger partial charge in [-0.3, -0.25) is 19.8 Å². The Morgan fingerprint density at radius 3 is 2.44 bits per heavy atom. The minimum absolute atomic E-state index is 0.119. The number of piperidine rings is 1. The molecule has 0 bridgehead atoms. The maximum absolute atomic E-state index is 14.8. The van der Waals surface area contributed by atoms with Crippen molar-refractivity contribution in [2.24, 2.45) is 11.3 Å². The van der Waals surface area contributed by atoms with E-state index in [0.717, 1.165) is 113 Å². The maximum Gasteiger partial charge on any atom is 0.293 e. The van der Waals surface area contributed by atoms with Gasteiger partial charge < -0.3 is 48.8 Å². The second-order valence-electron chi connectivity index (χ2n) is 23.3. The van der Waals surface area contributed by atoms with Gasteiger partial charge in [0.05, 0.1) is 70.9 Å². The Morgan fingerprint density at radius 1 is 0.852 bits per heavy atom. The number of aromatic nitrogens is 3. The largest absolute Gasteiger partial charge is 0.468 e. The highest BCUT2D eigenvalue weighted by molar-refractivity contribution is 7.90. The number of H-pyrrole nitrogens is 1. The number of nitro benzene ring substituents is 1. The summed E-state index contributed by atoms with van der Waals surface area (Å²) in [6, 6.07) is 27.2. The molecule has 0 unspecified atom stereocenters. The summed E-state index contributed by atoms with van der Waals surface area (Å²) in [4.78, 5) is 51.3. The van der Waals surface area contributed by atoms with Gasteiger partial charge >= 0.3 is 0 Å². The van der Waals surface area contributed by atoms with E-state index in [4.69, 9.17) is 28.9 Å². The van der Waals surface area contributed by atoms with Crippen LogP contribution in [0.2, 0.25) is 0 Å². The average Bonchev–Trinajstić information content (AvgIpc) is 4.12. The lowest BCUT2D eigenvalue weighted by molar-refractivity contribution is -0.384. The van der Waals surface area contributed by atoms with Crippen LogP contribution in [0.3, 0.4) is 0 Å². The van der Waals surface area contributed by atoms with E-state index in [1.54, 1.807) is 6.07 Å². The smallest absolute Gasteiger partial charge is 0.293 e. The lowest BCUT2D eigenvalue weighted by Crippen LogP contribution is -2.60. The molecule has 7 aliphatic rings. The van der Waals surface area contributed by atoms with Crippen molar-refractivity contribution in [3.8, 4) is 5.88 Å². The number of morpholine rings is 1. The van der Waals surface area contributed by atoms with Gasteiger partial charge in [0.2, 0.25) is 5.88 Å². The summed E-state index contributed by atoms with van der Waals surface area (Å²) in [7, 11) is -4.62. The molecule has 1 amide bonds. The van der Waals surface area contributed by atoms with E-state index in [0.29, 0.717) is 74.9 Å². The number of carbonyl (C=O) groups is 1. The second-order valence-corrected chi connectivity index (χ2v) is 25.0. The zero-order chi connectivity index (χ0) is 55.4. The molecule has 1 aliphatic carbocycles. The number of carbonyl (C=O) groups excluding carboxylic acids is 1. The van der Waals surface area contributed by atoms with Crippen molar-refractivity contribution < 1.29 is 37.1 Å². The molecular weight excluding hydrogens is 1050 g/mol. The number of rotatable bonds is 13. The van der Waals surface area contributed by atoms with E-state index in [2.05, 4.69) is 96.0 Å². The molecule has 6 fully saturated rings. The molecule has 6 aliphatic heterocycles. The number of hydrogen-bond donors (Lipinski definition) is 3. The van der Waals surface area contributed by atoms with Crippen LogP contribution in [-0.2, 0) is 24.2 Å². The van der Waals surface area contributed by atoms with Crippen LogP contribution in [0.5, 0.6) is 5.88 Å². The lowest BCUT2D eigenvalue weighted by atomic mass is 9.59. The fourth-order valence-corrected chi connectivity index (χ4v) is 14.8. The number of nitrogens with one attached hydrogen (secondary N) is 3. The van der Waals surface area contributed by atoms with Crippen LogP contribution in [0.25, 0.3) is 11.0 Å². The third-order valence-electron chi connectivity index (χ3n) is 18.4. The molecule has 1 spiro atoms. The van der Waals surface area contributed by atoms with Crippen molar-refractivity contribution in [2.75, 3.05) is 110 Å². The standard InChI is InChI=1S/C60H71N11O9S/c1-39-5-3-4-6-47(39)54-36-67(44-8-12-56(63-35-44)68-24-28-79-37-40(68)2)22-23-69(54)45-32-60(33-45)17-20-66(21-18-60)43-7-10-48(51(30-43)70-50-16-27-78-38-55(50)80-59-53(70)29-42-13-19-61-57(42)64-59)58(72)65-81(75,76)46-9-11-49(52(31-46)71(73)74)62-34-41-14-25-77-26-15-41/h3-13,19,29-31,35,40-41,45,50,54-55,62H,14-18,20-28,32-34,36-38H2,1-2H3,(H,61,64)(H,65,72)/t40-,50+,54+,55+/m1/s1. The highest BCUT2D eigenvalue weighted by Gasteiger charge is 2.50. The third kappa shape index (κ3) is 10.5. The minimum Gasteiger partial charge on any atom is -0.468 e. The van der Waals surface area contributed by atoms with E-state index < -0.39 is 37.5 Å². The highest BCUT2D eigenvalue weighted by Crippen LogP contribution is 2.54. The molecule has 6 aromatic rings. The first-order valence-electron chi connectivity index (χ1n) is 28.8. The summed E-state index contributed by atoms with van der Waals surface area (Å²) in [5.74, 6) is 0.762. The number of pyridine rings is 2. The molecule has 81 heavy (non-hydrogen) atoms. The minimum atomic E-state index is -4.62. The number of nitrogens with zero attached hydrogens (tertiary/aromatic N) is 8. The molecule has 20 nitrogen and oxygen atoms in total. The van der Waals surface area contributed by atoms with Crippen LogP contribution in [0.4, 0.5) is 39.9 Å². The third-order valence-corrected chi connectivity index (χ3v) is 19.8. The van der Waals surface area contributed by atoms with Crippen molar-refractivity contribution in [3.05, 3.63) is 124 Å². The molecule has 3 aromatic heterocycles. The normalized spacial score (nSPS) is 23.6. The first kappa shape index (κ1) is 53.3. The monoisotopic (exact) mass is 1120 g/mol. The Kier molecular flexibility index (Phi) is 14.5. The van der Waals surface area contributed by atoms with E-state index in [1.165, 1.54) is 23.3 Å². The van der Waals surface area contributed by atoms with Gasteiger partial charge in [-0.2, -0.15) is 4.98 Å². The number of aryl methyl sites for hydroxylation is 1. The molecule has 5 saturated heterocycles. The Hall–Kier alpha value is -7.04. The van der Waals surface area contributed by atoms with Crippen LogP contribution in [-0.4, -0.2) is 149 Å². The predicted molar refractivity (Wildman–Crippen MR) is 310 cm³/mol. The quantitative estimate of drug-likeness (QED) is 0.0732. The van der Waals surface area contributed by atoms with Crippen molar-refractivity contribution in [2.45, 2.75) is 94.0 Å². The zero-order valence-corrected chi connectivity index (χ0v) is 46.8. The number of hydrogen-bond acceptors (Lipinski definition) is 17. The van der Waals surface area contributed by atoms with E-state index in [9.17, 15) is 23.3 Å².